The van der Waals surface area contributed by atoms with Crippen molar-refractivity contribution in [3.63, 3.8) is 0 Å². The van der Waals surface area contributed by atoms with Gasteiger partial charge >= 0.3 is 0 Å². The Morgan fingerprint density at radius 1 is 1.08 bits per heavy atom. The molecule has 2 heterocycles. The zero-order valence-electron chi connectivity index (χ0n) is 13.7. The number of fused-ring (bicyclic) bond motifs is 4. The number of hydrogen-bond donors (Lipinski definition) is 1. The van der Waals surface area contributed by atoms with Crippen molar-refractivity contribution in [1.82, 2.24) is 0 Å². The van der Waals surface area contributed by atoms with Crippen molar-refractivity contribution >= 4 is 35.0 Å². The largest absolute Gasteiger partial charge is 0.323 e. The molecule has 126 valence electrons. The van der Waals surface area contributed by atoms with Crippen LogP contribution in [0.3, 0.4) is 0 Å². The molecular formula is C20H18N2O2S. The molecule has 1 N–H and O–H groups in total. The molecule has 2 aliphatic heterocycles. The lowest BCUT2D eigenvalue weighted by atomic mass is 10.1. The molecule has 2 aromatic rings. The van der Waals surface area contributed by atoms with Crippen LogP contribution in [0.1, 0.15) is 30.4 Å². The molecule has 3 aliphatic rings. The van der Waals surface area contributed by atoms with Crippen LogP contribution in [0.5, 0.6) is 0 Å². The first-order valence-corrected chi connectivity index (χ1v) is 9.53. The summed E-state index contributed by atoms with van der Waals surface area (Å²) in [5.41, 5.74) is 4.41. The van der Waals surface area contributed by atoms with E-state index in [1.165, 1.54) is 29.3 Å². The van der Waals surface area contributed by atoms with Gasteiger partial charge in [-0.2, -0.15) is 0 Å². The van der Waals surface area contributed by atoms with Gasteiger partial charge in [-0.3, -0.25) is 14.5 Å². The third-order valence-corrected chi connectivity index (χ3v) is 6.86. The highest BCUT2D eigenvalue weighted by atomic mass is 32.2. The number of anilines is 2. The van der Waals surface area contributed by atoms with Gasteiger partial charge in [0.25, 0.3) is 5.91 Å². The molecule has 1 atom stereocenters. The van der Waals surface area contributed by atoms with Crippen molar-refractivity contribution in [1.29, 1.82) is 0 Å². The van der Waals surface area contributed by atoms with Gasteiger partial charge in [0.15, 0.2) is 4.87 Å². The maximum absolute atomic E-state index is 13.2. The highest BCUT2D eigenvalue weighted by Crippen LogP contribution is 2.56. The van der Waals surface area contributed by atoms with Crippen LogP contribution in [-0.2, 0) is 22.4 Å². The summed E-state index contributed by atoms with van der Waals surface area (Å²) in [4.78, 5) is 27.5. The number of rotatable bonds is 2. The Bertz CT molecular complexity index is 910. The number of carbonyl (C=O) groups is 2. The third kappa shape index (κ3) is 2.15. The summed E-state index contributed by atoms with van der Waals surface area (Å²) in [6.07, 6.45) is 4.35. The van der Waals surface area contributed by atoms with Gasteiger partial charge < -0.3 is 5.32 Å². The molecule has 2 aromatic carbocycles. The minimum Gasteiger partial charge on any atom is -0.323 e. The molecule has 1 fully saturated rings. The fourth-order valence-electron chi connectivity index (χ4n) is 4.18. The van der Waals surface area contributed by atoms with Crippen LogP contribution in [0.2, 0.25) is 0 Å². The second-order valence-corrected chi connectivity index (χ2v) is 8.19. The summed E-state index contributed by atoms with van der Waals surface area (Å²) in [5.74, 6) is -0.0703. The standard InChI is InChI=1S/C20H18N2O2S/c23-18-10-11-20(22(18)16-6-1-2-7-17(16)25-20)19(24)21-15-9-8-13-4-3-5-14(13)12-15/h1-2,6-9,12H,3-5,10-11H2,(H,21,24)/t20-/m0/s1. The molecule has 0 bridgehead atoms. The van der Waals surface area contributed by atoms with Crippen LogP contribution >= 0.6 is 11.8 Å². The average molecular weight is 350 g/mol. The van der Waals surface area contributed by atoms with Crippen molar-refractivity contribution in [2.75, 3.05) is 10.2 Å². The minimum atomic E-state index is -0.847. The predicted molar refractivity (Wildman–Crippen MR) is 98.8 cm³/mol. The van der Waals surface area contributed by atoms with E-state index in [2.05, 4.69) is 17.4 Å². The van der Waals surface area contributed by atoms with Crippen LogP contribution in [0, 0.1) is 0 Å². The average Bonchev–Trinajstić information content (AvgIpc) is 3.29. The van der Waals surface area contributed by atoms with Crippen molar-refractivity contribution < 1.29 is 9.59 Å². The molecule has 1 aliphatic carbocycles. The fraction of sp³-hybridized carbons (Fsp3) is 0.300. The first-order valence-electron chi connectivity index (χ1n) is 8.72. The van der Waals surface area contributed by atoms with Crippen LogP contribution in [0.15, 0.2) is 47.4 Å². The Labute approximate surface area is 150 Å². The number of hydrogen-bond acceptors (Lipinski definition) is 3. The van der Waals surface area contributed by atoms with Crippen LogP contribution in [-0.4, -0.2) is 16.7 Å². The highest BCUT2D eigenvalue weighted by Gasteiger charge is 2.57. The minimum absolute atomic E-state index is 0.0292. The van der Waals surface area contributed by atoms with Gasteiger partial charge in [-0.25, -0.2) is 0 Å². The molecule has 5 rings (SSSR count). The number of thioether (sulfide) groups is 1. The van der Waals surface area contributed by atoms with Gasteiger partial charge in [0.05, 0.1) is 5.69 Å². The molecule has 2 amide bonds. The predicted octanol–water partition coefficient (Wildman–Crippen LogP) is 3.74. The van der Waals surface area contributed by atoms with Crippen LogP contribution in [0.4, 0.5) is 11.4 Å². The number of aryl methyl sites for hydroxylation is 2. The molecule has 0 aromatic heterocycles. The third-order valence-electron chi connectivity index (χ3n) is 5.38. The van der Waals surface area contributed by atoms with Gasteiger partial charge in [0.1, 0.15) is 0 Å². The Hall–Kier alpha value is -2.27. The van der Waals surface area contributed by atoms with E-state index in [0.717, 1.165) is 29.1 Å². The summed E-state index contributed by atoms with van der Waals surface area (Å²) in [7, 11) is 0. The first kappa shape index (κ1) is 15.0. The van der Waals surface area contributed by atoms with Crippen molar-refractivity contribution in [2.45, 2.75) is 41.9 Å². The Kier molecular flexibility index (Phi) is 3.22. The van der Waals surface area contributed by atoms with Gasteiger partial charge in [-0.05, 0) is 61.1 Å². The maximum atomic E-state index is 13.2. The van der Waals surface area contributed by atoms with E-state index in [1.807, 2.05) is 30.3 Å². The van der Waals surface area contributed by atoms with Crippen LogP contribution in [0.25, 0.3) is 0 Å². The quantitative estimate of drug-likeness (QED) is 0.897. The normalized spacial score (nSPS) is 23.4. The SMILES string of the molecule is O=C1CC[C@@]2(C(=O)Nc3ccc4c(c3)CCC4)Sc3ccccc3N12. The van der Waals surface area contributed by atoms with E-state index in [-0.39, 0.29) is 11.8 Å². The molecule has 0 saturated carbocycles. The molecule has 1 saturated heterocycles. The zero-order valence-corrected chi connectivity index (χ0v) is 14.6. The summed E-state index contributed by atoms with van der Waals surface area (Å²) in [6, 6.07) is 14.0. The number of nitrogens with zero attached hydrogens (tertiary/aromatic N) is 1. The number of nitrogens with one attached hydrogen (secondary N) is 1. The van der Waals surface area contributed by atoms with Crippen LogP contribution < -0.4 is 10.2 Å². The molecule has 4 nitrogen and oxygen atoms in total. The Balaban J connectivity index is 1.48. The monoisotopic (exact) mass is 350 g/mol. The number of amides is 2. The molecule has 0 unspecified atom stereocenters. The topological polar surface area (TPSA) is 49.4 Å². The second-order valence-electron chi connectivity index (χ2n) is 6.87. The Morgan fingerprint density at radius 3 is 2.84 bits per heavy atom. The summed E-state index contributed by atoms with van der Waals surface area (Å²) >= 11 is 1.50. The molecular weight excluding hydrogens is 332 g/mol. The summed E-state index contributed by atoms with van der Waals surface area (Å²) in [6.45, 7) is 0. The molecule has 0 radical (unpaired) electrons. The van der Waals surface area contributed by atoms with E-state index in [9.17, 15) is 9.59 Å². The summed E-state index contributed by atoms with van der Waals surface area (Å²) in [5, 5.41) is 3.08. The van der Waals surface area contributed by atoms with Crippen molar-refractivity contribution in [3.8, 4) is 0 Å². The lowest BCUT2D eigenvalue weighted by Gasteiger charge is -2.29. The Morgan fingerprint density at radius 2 is 1.92 bits per heavy atom. The molecule has 0 spiro atoms. The van der Waals surface area contributed by atoms with E-state index in [4.69, 9.17) is 0 Å². The fourth-order valence-corrected chi connectivity index (χ4v) is 5.59. The zero-order chi connectivity index (χ0) is 17.0. The van der Waals surface area contributed by atoms with E-state index in [1.54, 1.807) is 4.90 Å². The molecule has 25 heavy (non-hydrogen) atoms. The van der Waals surface area contributed by atoms with Crippen molar-refractivity contribution in [3.05, 3.63) is 53.6 Å². The lowest BCUT2D eigenvalue weighted by molar-refractivity contribution is -0.121. The molecule has 5 heteroatoms. The van der Waals surface area contributed by atoms with Gasteiger partial charge in [-0.1, -0.05) is 30.0 Å². The number of benzene rings is 2. The van der Waals surface area contributed by atoms with Gasteiger partial charge in [0, 0.05) is 17.0 Å². The number of carbonyl (C=O) groups excluding carboxylic acids is 2. The van der Waals surface area contributed by atoms with Gasteiger partial charge in [0.2, 0.25) is 5.91 Å². The number of para-hydroxylation sites is 1. The smallest absolute Gasteiger partial charge is 0.261 e. The lowest BCUT2D eigenvalue weighted by Crippen LogP contribution is -2.49. The summed E-state index contributed by atoms with van der Waals surface area (Å²) < 4.78 is 0. The second kappa shape index (κ2) is 5.36. The maximum Gasteiger partial charge on any atom is 0.261 e. The van der Waals surface area contributed by atoms with E-state index < -0.39 is 4.87 Å². The van der Waals surface area contributed by atoms with E-state index in [0.29, 0.717) is 12.8 Å². The van der Waals surface area contributed by atoms with Crippen molar-refractivity contribution in [2.24, 2.45) is 0 Å². The first-order chi connectivity index (χ1) is 12.2. The van der Waals surface area contributed by atoms with Gasteiger partial charge in [-0.15, -0.1) is 0 Å². The highest BCUT2D eigenvalue weighted by molar-refractivity contribution is 8.02. The van der Waals surface area contributed by atoms with E-state index >= 15 is 0 Å².